The number of fused-ring (bicyclic) bond motifs is 1. The van der Waals surface area contributed by atoms with Gasteiger partial charge in [-0.05, 0) is 30.7 Å². The van der Waals surface area contributed by atoms with Crippen LogP contribution >= 0.6 is 0 Å². The summed E-state index contributed by atoms with van der Waals surface area (Å²) in [4.78, 5) is 4.08. The third kappa shape index (κ3) is 2.01. The molecule has 1 aromatic carbocycles. The molecule has 2 aromatic rings. The monoisotopic (exact) mass is 279 g/mol. The maximum absolute atomic E-state index is 13.0. The Balaban J connectivity index is 2.26. The van der Waals surface area contributed by atoms with Crippen LogP contribution in [0.3, 0.4) is 0 Å². The predicted octanol–water partition coefficient (Wildman–Crippen LogP) is 3.35. The van der Waals surface area contributed by atoms with Crippen molar-refractivity contribution in [3.8, 4) is 11.3 Å². The van der Waals surface area contributed by atoms with E-state index in [0.29, 0.717) is 23.4 Å². The Labute approximate surface area is 113 Å². The first kappa shape index (κ1) is 12.9. The molecule has 0 saturated carbocycles. The van der Waals surface area contributed by atoms with Crippen LogP contribution in [0.1, 0.15) is 22.4 Å². The minimum atomic E-state index is -4.36. The number of halogens is 3. The normalized spacial score (nSPS) is 13.8. The number of rotatable bonds is 1. The summed E-state index contributed by atoms with van der Waals surface area (Å²) >= 11 is 0. The third-order valence-corrected chi connectivity index (χ3v) is 3.35. The van der Waals surface area contributed by atoms with Gasteiger partial charge in [0.25, 0.3) is 0 Å². The molecule has 3 nitrogen and oxygen atoms in total. The molecule has 0 saturated heterocycles. The van der Waals surface area contributed by atoms with Gasteiger partial charge < -0.3 is 0 Å². The fraction of sp³-hybridized carbons (Fsp3) is 0.286. The summed E-state index contributed by atoms with van der Waals surface area (Å²) in [5.74, 6) is 0. The highest BCUT2D eigenvalue weighted by molar-refractivity contribution is 5.93. The molecule has 1 aliphatic heterocycles. The van der Waals surface area contributed by atoms with Crippen LogP contribution in [0.15, 0.2) is 23.2 Å². The minimum Gasteiger partial charge on any atom is -0.288 e. The molecular weight excluding hydrogens is 267 g/mol. The highest BCUT2D eigenvalue weighted by Gasteiger charge is 2.33. The minimum absolute atomic E-state index is 0.295. The number of nitrogens with zero attached hydrogens (tertiary/aromatic N) is 3. The van der Waals surface area contributed by atoms with E-state index < -0.39 is 11.7 Å². The van der Waals surface area contributed by atoms with Gasteiger partial charge in [-0.3, -0.25) is 9.67 Å². The highest BCUT2D eigenvalue weighted by Crippen LogP contribution is 2.37. The standard InChI is InChI=1S/C14H12F3N3/c1-8-3-13(20(2)19-8)11-5-10(14(15,16)17)4-9-6-18-7-12(9)11/h3-5,7H,6H2,1-2H3. The Hall–Kier alpha value is -2.11. The SMILES string of the molecule is Cc1cc(-c2cc(C(F)(F)F)cc3c2C=NC3)n(C)n1. The van der Waals surface area contributed by atoms with Crippen molar-refractivity contribution >= 4 is 6.21 Å². The molecule has 0 radical (unpaired) electrons. The van der Waals surface area contributed by atoms with Gasteiger partial charge in [-0.25, -0.2) is 0 Å². The van der Waals surface area contributed by atoms with Gasteiger partial charge in [0.2, 0.25) is 0 Å². The molecule has 0 unspecified atom stereocenters. The molecule has 0 N–H and O–H groups in total. The van der Waals surface area contributed by atoms with E-state index in [4.69, 9.17) is 0 Å². The first-order valence-electron chi connectivity index (χ1n) is 6.11. The summed E-state index contributed by atoms with van der Waals surface area (Å²) in [5, 5.41) is 4.20. The lowest BCUT2D eigenvalue weighted by Gasteiger charge is -2.13. The van der Waals surface area contributed by atoms with Crippen LogP contribution in [0.2, 0.25) is 0 Å². The van der Waals surface area contributed by atoms with Crippen molar-refractivity contribution in [3.05, 3.63) is 40.6 Å². The van der Waals surface area contributed by atoms with Crippen LogP contribution in [0, 0.1) is 6.92 Å². The van der Waals surface area contributed by atoms with Crippen molar-refractivity contribution in [1.82, 2.24) is 9.78 Å². The van der Waals surface area contributed by atoms with E-state index in [2.05, 4.69) is 10.1 Å². The van der Waals surface area contributed by atoms with Gasteiger partial charge in [0.05, 0.1) is 23.5 Å². The topological polar surface area (TPSA) is 30.2 Å². The molecule has 0 atom stereocenters. The lowest BCUT2D eigenvalue weighted by atomic mass is 9.97. The zero-order valence-electron chi connectivity index (χ0n) is 11.0. The van der Waals surface area contributed by atoms with Crippen molar-refractivity contribution < 1.29 is 13.2 Å². The number of alkyl halides is 3. The molecule has 0 spiro atoms. The zero-order chi connectivity index (χ0) is 14.5. The number of hydrogen-bond acceptors (Lipinski definition) is 2. The van der Waals surface area contributed by atoms with Crippen LogP contribution in [-0.2, 0) is 19.8 Å². The molecule has 1 aromatic heterocycles. The summed E-state index contributed by atoms with van der Waals surface area (Å²) in [6.45, 7) is 2.11. The molecular formula is C14H12F3N3. The Bertz CT molecular complexity index is 711. The van der Waals surface area contributed by atoms with Crippen molar-refractivity contribution in [2.24, 2.45) is 12.0 Å². The van der Waals surface area contributed by atoms with E-state index in [-0.39, 0.29) is 0 Å². The molecule has 0 aliphatic carbocycles. The maximum atomic E-state index is 13.0. The molecule has 0 fully saturated rings. The highest BCUT2D eigenvalue weighted by atomic mass is 19.4. The van der Waals surface area contributed by atoms with Gasteiger partial charge in [-0.1, -0.05) is 0 Å². The number of aliphatic imine (C=N–C) groups is 1. The molecule has 6 heteroatoms. The number of benzene rings is 1. The van der Waals surface area contributed by atoms with E-state index >= 15 is 0 Å². The largest absolute Gasteiger partial charge is 0.416 e. The molecule has 2 heterocycles. The van der Waals surface area contributed by atoms with Gasteiger partial charge in [-0.2, -0.15) is 18.3 Å². The van der Waals surface area contributed by atoms with Crippen molar-refractivity contribution in [2.45, 2.75) is 19.6 Å². The number of aromatic nitrogens is 2. The lowest BCUT2D eigenvalue weighted by Crippen LogP contribution is -2.08. The smallest absolute Gasteiger partial charge is 0.288 e. The summed E-state index contributed by atoms with van der Waals surface area (Å²) in [5.41, 5.74) is 2.67. The van der Waals surface area contributed by atoms with Gasteiger partial charge in [0.1, 0.15) is 0 Å². The van der Waals surface area contributed by atoms with Crippen LogP contribution in [0.4, 0.5) is 13.2 Å². The molecule has 104 valence electrons. The number of aryl methyl sites for hydroxylation is 2. The molecule has 1 aliphatic rings. The van der Waals surface area contributed by atoms with Crippen LogP contribution in [0.25, 0.3) is 11.3 Å². The van der Waals surface area contributed by atoms with E-state index in [1.165, 1.54) is 12.1 Å². The average Bonchev–Trinajstić information content (AvgIpc) is 2.92. The summed E-state index contributed by atoms with van der Waals surface area (Å²) < 4.78 is 40.6. The fourth-order valence-corrected chi connectivity index (χ4v) is 2.47. The van der Waals surface area contributed by atoms with Gasteiger partial charge >= 0.3 is 6.18 Å². The van der Waals surface area contributed by atoms with E-state index in [1.54, 1.807) is 24.0 Å². The average molecular weight is 279 g/mol. The summed E-state index contributed by atoms with van der Waals surface area (Å²) in [6, 6.07) is 4.13. The summed E-state index contributed by atoms with van der Waals surface area (Å²) in [7, 11) is 1.72. The zero-order valence-corrected chi connectivity index (χ0v) is 11.0. The van der Waals surface area contributed by atoms with Crippen molar-refractivity contribution in [3.63, 3.8) is 0 Å². The molecule has 20 heavy (non-hydrogen) atoms. The third-order valence-electron chi connectivity index (χ3n) is 3.35. The van der Waals surface area contributed by atoms with Gasteiger partial charge in [0.15, 0.2) is 0 Å². The molecule has 3 rings (SSSR count). The number of hydrogen-bond donors (Lipinski definition) is 0. The van der Waals surface area contributed by atoms with Crippen molar-refractivity contribution in [2.75, 3.05) is 0 Å². The second-order valence-electron chi connectivity index (χ2n) is 4.86. The summed E-state index contributed by atoms with van der Waals surface area (Å²) in [6.07, 6.45) is -2.73. The van der Waals surface area contributed by atoms with E-state index in [1.807, 2.05) is 6.92 Å². The van der Waals surface area contributed by atoms with Crippen LogP contribution in [0.5, 0.6) is 0 Å². The van der Waals surface area contributed by atoms with Crippen LogP contribution in [-0.4, -0.2) is 16.0 Å². The quantitative estimate of drug-likeness (QED) is 0.787. The second kappa shape index (κ2) is 4.19. The second-order valence-corrected chi connectivity index (χ2v) is 4.86. The Morgan fingerprint density at radius 3 is 2.55 bits per heavy atom. The molecule has 0 bridgehead atoms. The predicted molar refractivity (Wildman–Crippen MR) is 69.7 cm³/mol. The lowest BCUT2D eigenvalue weighted by molar-refractivity contribution is -0.137. The first-order chi connectivity index (χ1) is 9.36. The maximum Gasteiger partial charge on any atom is 0.416 e. The Kier molecular flexibility index (Phi) is 2.70. The van der Waals surface area contributed by atoms with E-state index in [0.717, 1.165) is 11.3 Å². The van der Waals surface area contributed by atoms with E-state index in [9.17, 15) is 13.2 Å². The molecule has 0 amide bonds. The Morgan fingerprint density at radius 2 is 1.95 bits per heavy atom. The fourth-order valence-electron chi connectivity index (χ4n) is 2.47. The Morgan fingerprint density at radius 1 is 1.20 bits per heavy atom. The first-order valence-corrected chi connectivity index (χ1v) is 6.11. The van der Waals surface area contributed by atoms with Crippen molar-refractivity contribution in [1.29, 1.82) is 0 Å². The van der Waals surface area contributed by atoms with Gasteiger partial charge in [0, 0.05) is 24.4 Å². The van der Waals surface area contributed by atoms with Crippen LogP contribution < -0.4 is 0 Å². The van der Waals surface area contributed by atoms with Gasteiger partial charge in [-0.15, -0.1) is 0 Å².